The molecule has 41 heavy (non-hydrogen) atoms. The van der Waals surface area contributed by atoms with Gasteiger partial charge in [-0.1, -0.05) is 46.3 Å². The molecule has 4 aromatic carbocycles. The Hall–Kier alpha value is -4.34. The van der Waals surface area contributed by atoms with Crippen molar-refractivity contribution in [3.63, 3.8) is 0 Å². The number of nitrogens with one attached hydrogen (secondary N) is 2. The van der Waals surface area contributed by atoms with Crippen LogP contribution in [0.5, 0.6) is 11.5 Å². The van der Waals surface area contributed by atoms with Crippen LogP contribution in [0.2, 0.25) is 0 Å². The average molecular weight is 632 g/mol. The highest BCUT2D eigenvalue weighted by atomic mass is 79.9. The molecular weight excluding hydrogens is 604 g/mol. The zero-order chi connectivity index (χ0) is 29.2. The smallest absolute Gasteiger partial charge is 0.272 e. The zero-order valence-corrected chi connectivity index (χ0v) is 24.8. The molecule has 0 radical (unpaired) electrons. The molecule has 2 N–H and O–H groups in total. The van der Waals surface area contributed by atoms with Gasteiger partial charge >= 0.3 is 0 Å². The fourth-order valence-corrected chi connectivity index (χ4v) is 4.80. The SMILES string of the molecule is COc1ccc(C(=O)CSc2ccc(NC(=O)/C(=C/c3ccc(Br)cc3)NC(=O)c3ccccc3)cc2)cc1OC. The summed E-state index contributed by atoms with van der Waals surface area (Å²) in [5.41, 5.74) is 2.35. The summed E-state index contributed by atoms with van der Waals surface area (Å²) < 4.78 is 11.4. The summed E-state index contributed by atoms with van der Waals surface area (Å²) in [6.45, 7) is 0. The summed E-state index contributed by atoms with van der Waals surface area (Å²) in [7, 11) is 3.07. The predicted octanol–water partition coefficient (Wildman–Crippen LogP) is 6.85. The van der Waals surface area contributed by atoms with E-state index in [1.807, 2.05) is 42.5 Å². The topological polar surface area (TPSA) is 93.7 Å². The van der Waals surface area contributed by atoms with Crippen molar-refractivity contribution in [3.8, 4) is 11.5 Å². The first kappa shape index (κ1) is 29.6. The van der Waals surface area contributed by atoms with Gasteiger partial charge in [0.1, 0.15) is 5.70 Å². The second kappa shape index (κ2) is 14.3. The molecule has 0 aliphatic heterocycles. The molecule has 0 aliphatic carbocycles. The molecule has 0 fully saturated rings. The number of thioether (sulfide) groups is 1. The van der Waals surface area contributed by atoms with Crippen molar-refractivity contribution in [2.24, 2.45) is 0 Å². The maximum atomic E-state index is 13.2. The highest BCUT2D eigenvalue weighted by molar-refractivity contribution is 9.10. The van der Waals surface area contributed by atoms with Crippen LogP contribution in [0.4, 0.5) is 5.69 Å². The predicted molar refractivity (Wildman–Crippen MR) is 166 cm³/mol. The summed E-state index contributed by atoms with van der Waals surface area (Å²) in [5, 5.41) is 5.57. The van der Waals surface area contributed by atoms with Gasteiger partial charge in [-0.15, -0.1) is 11.8 Å². The second-order valence-electron chi connectivity index (χ2n) is 8.69. The van der Waals surface area contributed by atoms with E-state index in [2.05, 4.69) is 26.6 Å². The lowest BCUT2D eigenvalue weighted by molar-refractivity contribution is -0.113. The number of anilines is 1. The molecule has 0 atom stereocenters. The highest BCUT2D eigenvalue weighted by Crippen LogP contribution is 2.29. The lowest BCUT2D eigenvalue weighted by Gasteiger charge is -2.12. The first-order valence-electron chi connectivity index (χ1n) is 12.5. The fourth-order valence-electron chi connectivity index (χ4n) is 3.74. The summed E-state index contributed by atoms with van der Waals surface area (Å²) in [6.07, 6.45) is 1.62. The Balaban J connectivity index is 1.42. The summed E-state index contributed by atoms with van der Waals surface area (Å²) in [5.74, 6) is 0.370. The molecule has 2 amide bonds. The van der Waals surface area contributed by atoms with E-state index in [1.165, 1.54) is 18.9 Å². The molecule has 0 heterocycles. The highest BCUT2D eigenvalue weighted by Gasteiger charge is 2.16. The molecule has 0 aromatic heterocycles. The van der Waals surface area contributed by atoms with Crippen molar-refractivity contribution in [1.29, 1.82) is 0 Å². The summed E-state index contributed by atoms with van der Waals surface area (Å²) in [4.78, 5) is 39.6. The van der Waals surface area contributed by atoms with Gasteiger partial charge in [-0.2, -0.15) is 0 Å². The van der Waals surface area contributed by atoms with Crippen LogP contribution >= 0.6 is 27.7 Å². The standard InChI is InChI=1S/C32H27BrN2O5S/c1-39-29-17-10-23(19-30(29)40-2)28(36)20-41-26-15-13-25(14-16-26)34-32(38)27(18-21-8-11-24(33)12-9-21)35-31(37)22-6-4-3-5-7-22/h3-19H,20H2,1-2H3,(H,34,38)(H,35,37)/b27-18-. The second-order valence-corrected chi connectivity index (χ2v) is 10.7. The van der Waals surface area contributed by atoms with Gasteiger partial charge in [-0.25, -0.2) is 0 Å². The Labute approximate surface area is 251 Å². The van der Waals surface area contributed by atoms with Gasteiger partial charge in [0.2, 0.25) is 0 Å². The number of benzene rings is 4. The normalized spacial score (nSPS) is 11.0. The molecular formula is C32H27BrN2O5S. The molecule has 0 aliphatic rings. The van der Waals surface area contributed by atoms with E-state index < -0.39 is 11.8 Å². The van der Waals surface area contributed by atoms with Gasteiger partial charge in [-0.3, -0.25) is 14.4 Å². The number of rotatable bonds is 11. The quantitative estimate of drug-likeness (QED) is 0.107. The molecule has 0 saturated carbocycles. The Morgan fingerprint density at radius 1 is 0.805 bits per heavy atom. The van der Waals surface area contributed by atoms with Crippen LogP contribution in [0.25, 0.3) is 6.08 Å². The third-order valence-corrected chi connectivity index (χ3v) is 7.44. The molecule has 0 bridgehead atoms. The van der Waals surface area contributed by atoms with Gasteiger partial charge in [0, 0.05) is 26.2 Å². The Morgan fingerprint density at radius 3 is 2.15 bits per heavy atom. The number of Topliss-reactive ketones (excluding diaryl/α,β-unsaturated/α-hetero) is 1. The number of ether oxygens (including phenoxy) is 2. The van der Waals surface area contributed by atoms with Crippen LogP contribution in [0, 0.1) is 0 Å². The lowest BCUT2D eigenvalue weighted by atomic mass is 10.1. The van der Waals surface area contributed by atoms with Gasteiger partial charge in [-0.05, 0) is 78.4 Å². The van der Waals surface area contributed by atoms with Crippen LogP contribution < -0.4 is 20.1 Å². The maximum Gasteiger partial charge on any atom is 0.272 e. The van der Waals surface area contributed by atoms with Crippen LogP contribution in [-0.2, 0) is 4.79 Å². The third kappa shape index (κ3) is 8.33. The van der Waals surface area contributed by atoms with Gasteiger partial charge < -0.3 is 20.1 Å². The largest absolute Gasteiger partial charge is 0.493 e. The molecule has 7 nitrogen and oxygen atoms in total. The number of hydrogen-bond acceptors (Lipinski definition) is 6. The number of carbonyl (C=O) groups is 3. The Morgan fingerprint density at radius 2 is 1.49 bits per heavy atom. The number of carbonyl (C=O) groups excluding carboxylic acids is 3. The van der Waals surface area contributed by atoms with Crippen molar-refractivity contribution in [2.45, 2.75) is 4.90 Å². The first-order valence-corrected chi connectivity index (χ1v) is 14.3. The van der Waals surface area contributed by atoms with E-state index in [1.54, 1.807) is 67.8 Å². The lowest BCUT2D eigenvalue weighted by Crippen LogP contribution is -2.30. The third-order valence-electron chi connectivity index (χ3n) is 5.90. The van der Waals surface area contributed by atoms with Crippen molar-refractivity contribution in [3.05, 3.63) is 124 Å². The van der Waals surface area contributed by atoms with E-state index in [9.17, 15) is 14.4 Å². The van der Waals surface area contributed by atoms with Crippen LogP contribution in [0.15, 0.2) is 112 Å². The zero-order valence-electron chi connectivity index (χ0n) is 22.3. The van der Waals surface area contributed by atoms with E-state index in [0.29, 0.717) is 28.3 Å². The van der Waals surface area contributed by atoms with Gasteiger partial charge in [0.05, 0.1) is 20.0 Å². The van der Waals surface area contributed by atoms with Gasteiger partial charge in [0.25, 0.3) is 11.8 Å². The number of methoxy groups -OCH3 is 2. The molecule has 4 aromatic rings. The molecule has 4 rings (SSSR count). The Bertz CT molecular complexity index is 1560. The minimum Gasteiger partial charge on any atom is -0.493 e. The molecule has 0 spiro atoms. The number of amides is 2. The van der Waals surface area contributed by atoms with Gasteiger partial charge in [0.15, 0.2) is 17.3 Å². The van der Waals surface area contributed by atoms with E-state index in [0.717, 1.165) is 14.9 Å². The monoisotopic (exact) mass is 630 g/mol. The maximum absolute atomic E-state index is 13.2. The van der Waals surface area contributed by atoms with E-state index in [4.69, 9.17) is 9.47 Å². The van der Waals surface area contributed by atoms with E-state index >= 15 is 0 Å². The van der Waals surface area contributed by atoms with Crippen molar-refractivity contribution in [2.75, 3.05) is 25.3 Å². The van der Waals surface area contributed by atoms with E-state index in [-0.39, 0.29) is 17.2 Å². The molecule has 208 valence electrons. The van der Waals surface area contributed by atoms with Crippen molar-refractivity contribution in [1.82, 2.24) is 5.32 Å². The Kier molecular flexibility index (Phi) is 10.4. The average Bonchev–Trinajstić information content (AvgIpc) is 3.01. The number of hydrogen-bond donors (Lipinski definition) is 2. The van der Waals surface area contributed by atoms with Crippen LogP contribution in [0.3, 0.4) is 0 Å². The molecule has 0 unspecified atom stereocenters. The minimum atomic E-state index is -0.471. The summed E-state index contributed by atoms with van der Waals surface area (Å²) in [6, 6.07) is 28.3. The molecule has 9 heteroatoms. The molecule has 0 saturated heterocycles. The minimum absolute atomic E-state index is 0.0507. The number of halogens is 1. The van der Waals surface area contributed by atoms with Crippen molar-refractivity contribution < 1.29 is 23.9 Å². The number of ketones is 1. The first-order chi connectivity index (χ1) is 19.9. The van der Waals surface area contributed by atoms with Crippen LogP contribution in [-0.4, -0.2) is 37.6 Å². The van der Waals surface area contributed by atoms with Crippen LogP contribution in [0.1, 0.15) is 26.3 Å². The van der Waals surface area contributed by atoms with Crippen molar-refractivity contribution >= 4 is 57.1 Å². The summed E-state index contributed by atoms with van der Waals surface area (Å²) >= 11 is 4.79. The fraction of sp³-hybridized carbons (Fsp3) is 0.0938.